The molecular weight excluding hydrogens is 244 g/mol. The van der Waals surface area contributed by atoms with Gasteiger partial charge in [0.1, 0.15) is 12.0 Å². The van der Waals surface area contributed by atoms with Crippen molar-refractivity contribution in [2.24, 2.45) is 11.8 Å². The minimum Gasteiger partial charge on any atom is -0.365 e. The van der Waals surface area contributed by atoms with Crippen LogP contribution < -0.4 is 4.90 Å². The van der Waals surface area contributed by atoms with Crippen LogP contribution in [-0.2, 0) is 0 Å². The van der Waals surface area contributed by atoms with Gasteiger partial charge in [-0.15, -0.1) is 0 Å². The summed E-state index contributed by atoms with van der Waals surface area (Å²) in [5, 5.41) is 11.2. The average Bonchev–Trinajstić information content (AvgIpc) is 2.36. The molecule has 0 N–H and O–H groups in total. The van der Waals surface area contributed by atoms with Gasteiger partial charge in [-0.05, 0) is 30.4 Å². The molecule has 5 nitrogen and oxygen atoms in total. The Balaban J connectivity index is 2.38. The van der Waals surface area contributed by atoms with E-state index in [-0.39, 0.29) is 5.69 Å². The molecule has 0 aliphatic carbocycles. The van der Waals surface area contributed by atoms with Crippen molar-refractivity contribution < 1.29 is 9.72 Å². The van der Waals surface area contributed by atoms with E-state index in [1.807, 2.05) is 0 Å². The van der Waals surface area contributed by atoms with E-state index < -0.39 is 4.92 Å². The molecule has 0 unspecified atom stereocenters. The quantitative estimate of drug-likeness (QED) is 0.477. The van der Waals surface area contributed by atoms with E-state index in [1.165, 1.54) is 6.07 Å². The summed E-state index contributed by atoms with van der Waals surface area (Å²) in [6.45, 7) is 5.97. The van der Waals surface area contributed by atoms with E-state index >= 15 is 0 Å². The first-order chi connectivity index (χ1) is 9.01. The molecule has 5 heteroatoms. The first-order valence-electron chi connectivity index (χ1n) is 6.49. The summed E-state index contributed by atoms with van der Waals surface area (Å²) in [6.07, 6.45) is 1.79. The molecule has 0 aromatic heterocycles. The van der Waals surface area contributed by atoms with Crippen molar-refractivity contribution in [3.05, 3.63) is 33.9 Å². The highest BCUT2D eigenvalue weighted by Gasteiger charge is 2.27. The molecule has 0 saturated carbocycles. The van der Waals surface area contributed by atoms with Crippen LogP contribution in [0.5, 0.6) is 0 Å². The van der Waals surface area contributed by atoms with Crippen molar-refractivity contribution in [1.82, 2.24) is 0 Å². The number of nitro benzene ring substituents is 1. The van der Waals surface area contributed by atoms with E-state index in [2.05, 4.69) is 18.7 Å². The number of benzene rings is 1. The van der Waals surface area contributed by atoms with Gasteiger partial charge in [0.05, 0.1) is 4.92 Å². The number of hydrogen-bond acceptors (Lipinski definition) is 4. The second-order valence-corrected chi connectivity index (χ2v) is 5.47. The highest BCUT2D eigenvalue weighted by atomic mass is 16.6. The third-order valence-corrected chi connectivity index (χ3v) is 3.54. The molecule has 0 bridgehead atoms. The lowest BCUT2D eigenvalue weighted by atomic mass is 9.91. The molecule has 102 valence electrons. The van der Waals surface area contributed by atoms with Gasteiger partial charge in [0, 0.05) is 24.7 Å². The maximum atomic E-state index is 11.2. The number of carbonyl (C=O) groups excluding carboxylic acids is 1. The lowest BCUT2D eigenvalue weighted by Crippen LogP contribution is -2.39. The van der Waals surface area contributed by atoms with E-state index in [0.717, 1.165) is 19.5 Å². The number of carbonyl (C=O) groups is 1. The number of rotatable bonds is 3. The van der Waals surface area contributed by atoms with Crippen molar-refractivity contribution in [2.45, 2.75) is 20.3 Å². The third-order valence-electron chi connectivity index (χ3n) is 3.54. The van der Waals surface area contributed by atoms with E-state index in [9.17, 15) is 14.9 Å². The lowest BCUT2D eigenvalue weighted by Gasteiger charge is -2.36. The normalized spacial score (nSPS) is 23.2. The molecule has 0 amide bonds. The largest absolute Gasteiger partial charge is 0.365 e. The number of aldehydes is 1. The second kappa shape index (κ2) is 5.38. The standard InChI is InChI=1S/C14H18N2O3/c1-10-5-11(2)8-15(7-10)13-4-3-12(9-17)6-14(13)16(18)19/h3-4,6,9-11H,5,7-8H2,1-2H3/t10-,11+. The van der Waals surface area contributed by atoms with Gasteiger partial charge in [0.25, 0.3) is 5.69 Å². The Bertz CT molecular complexity index is 491. The Morgan fingerprint density at radius 3 is 2.47 bits per heavy atom. The fourth-order valence-electron chi connectivity index (χ4n) is 2.89. The molecule has 1 heterocycles. The van der Waals surface area contributed by atoms with Gasteiger partial charge in [-0.25, -0.2) is 0 Å². The summed E-state index contributed by atoms with van der Waals surface area (Å²) in [5.74, 6) is 1.04. The van der Waals surface area contributed by atoms with Crippen LogP contribution in [0, 0.1) is 22.0 Å². The first-order valence-corrected chi connectivity index (χ1v) is 6.49. The van der Waals surface area contributed by atoms with Crippen LogP contribution in [0.4, 0.5) is 11.4 Å². The monoisotopic (exact) mass is 262 g/mol. The Labute approximate surface area is 112 Å². The van der Waals surface area contributed by atoms with Crippen LogP contribution in [0.25, 0.3) is 0 Å². The number of nitro groups is 1. The third kappa shape index (κ3) is 2.92. The van der Waals surface area contributed by atoms with Crippen LogP contribution >= 0.6 is 0 Å². The molecule has 1 saturated heterocycles. The van der Waals surface area contributed by atoms with Crippen LogP contribution in [0.1, 0.15) is 30.6 Å². The predicted octanol–water partition coefficient (Wildman–Crippen LogP) is 2.89. The van der Waals surface area contributed by atoms with Crippen molar-refractivity contribution in [1.29, 1.82) is 0 Å². The second-order valence-electron chi connectivity index (χ2n) is 5.47. The van der Waals surface area contributed by atoms with Gasteiger partial charge in [0.2, 0.25) is 0 Å². The molecule has 1 aliphatic rings. The van der Waals surface area contributed by atoms with Gasteiger partial charge in [-0.1, -0.05) is 13.8 Å². The van der Waals surface area contributed by atoms with Gasteiger partial charge in [-0.3, -0.25) is 14.9 Å². The van der Waals surface area contributed by atoms with Gasteiger partial charge >= 0.3 is 0 Å². The Hall–Kier alpha value is -1.91. The fraction of sp³-hybridized carbons (Fsp3) is 0.500. The van der Waals surface area contributed by atoms with Gasteiger partial charge in [0.15, 0.2) is 0 Å². The Morgan fingerprint density at radius 1 is 1.32 bits per heavy atom. The molecule has 1 aliphatic heterocycles. The maximum absolute atomic E-state index is 11.2. The number of hydrogen-bond donors (Lipinski definition) is 0. The summed E-state index contributed by atoms with van der Waals surface area (Å²) in [4.78, 5) is 23.5. The predicted molar refractivity (Wildman–Crippen MR) is 73.6 cm³/mol. The molecular formula is C14H18N2O3. The number of anilines is 1. The topological polar surface area (TPSA) is 63.5 Å². The summed E-state index contributed by atoms with van der Waals surface area (Å²) < 4.78 is 0. The minimum absolute atomic E-state index is 0.0194. The first kappa shape index (κ1) is 13.5. The molecule has 0 spiro atoms. The molecule has 2 atom stereocenters. The SMILES string of the molecule is C[C@@H]1C[C@H](C)CN(c2ccc(C=O)cc2[N+](=O)[O-])C1. The highest BCUT2D eigenvalue weighted by molar-refractivity contribution is 5.79. The van der Waals surface area contributed by atoms with E-state index in [0.29, 0.717) is 29.4 Å². The maximum Gasteiger partial charge on any atom is 0.293 e. The van der Waals surface area contributed by atoms with Crippen LogP contribution in [-0.4, -0.2) is 24.3 Å². The zero-order chi connectivity index (χ0) is 14.0. The average molecular weight is 262 g/mol. The molecule has 2 rings (SSSR count). The Morgan fingerprint density at radius 2 is 1.95 bits per heavy atom. The van der Waals surface area contributed by atoms with E-state index in [1.54, 1.807) is 12.1 Å². The molecule has 19 heavy (non-hydrogen) atoms. The zero-order valence-electron chi connectivity index (χ0n) is 11.2. The van der Waals surface area contributed by atoms with Crippen LogP contribution in [0.15, 0.2) is 18.2 Å². The molecule has 1 aromatic carbocycles. The van der Waals surface area contributed by atoms with Gasteiger partial charge in [-0.2, -0.15) is 0 Å². The van der Waals surface area contributed by atoms with Crippen LogP contribution in [0.2, 0.25) is 0 Å². The van der Waals surface area contributed by atoms with Crippen molar-refractivity contribution in [3.8, 4) is 0 Å². The number of piperidine rings is 1. The van der Waals surface area contributed by atoms with Crippen molar-refractivity contribution in [3.63, 3.8) is 0 Å². The smallest absolute Gasteiger partial charge is 0.293 e. The summed E-state index contributed by atoms with van der Waals surface area (Å²) in [5.41, 5.74) is 0.980. The number of nitrogens with zero attached hydrogens (tertiary/aromatic N) is 2. The van der Waals surface area contributed by atoms with Crippen molar-refractivity contribution in [2.75, 3.05) is 18.0 Å². The lowest BCUT2D eigenvalue weighted by molar-refractivity contribution is -0.384. The fourth-order valence-corrected chi connectivity index (χ4v) is 2.89. The molecule has 0 radical (unpaired) electrons. The van der Waals surface area contributed by atoms with Crippen LogP contribution in [0.3, 0.4) is 0 Å². The molecule has 1 aromatic rings. The summed E-state index contributed by atoms with van der Waals surface area (Å²) >= 11 is 0. The van der Waals surface area contributed by atoms with Gasteiger partial charge < -0.3 is 4.90 Å². The van der Waals surface area contributed by atoms with E-state index in [4.69, 9.17) is 0 Å². The molecule has 1 fully saturated rings. The zero-order valence-corrected chi connectivity index (χ0v) is 11.2. The Kier molecular flexibility index (Phi) is 3.83. The summed E-state index contributed by atoms with van der Waals surface area (Å²) in [6, 6.07) is 4.68. The minimum atomic E-state index is -0.410. The van der Waals surface area contributed by atoms with Crippen molar-refractivity contribution >= 4 is 17.7 Å². The highest BCUT2D eigenvalue weighted by Crippen LogP contribution is 2.33. The summed E-state index contributed by atoms with van der Waals surface area (Å²) in [7, 11) is 0.